The molecule has 1 N–H and O–H groups in total. The average molecular weight is 380 g/mol. The maximum Gasteiger partial charge on any atom is 0.335 e. The van der Waals surface area contributed by atoms with Crippen LogP contribution in [0.15, 0.2) is 28.0 Å². The van der Waals surface area contributed by atoms with Crippen molar-refractivity contribution >= 4 is 27.5 Å². The quantitative estimate of drug-likeness (QED) is 0.747. The van der Waals surface area contributed by atoms with Gasteiger partial charge in [-0.2, -0.15) is 5.10 Å². The number of carboxylic acid groups (broad SMARTS) is 1. The molecule has 0 bridgehead atoms. The van der Waals surface area contributed by atoms with E-state index in [0.717, 1.165) is 22.8 Å². The molecule has 10 heteroatoms. The van der Waals surface area contributed by atoms with Crippen LogP contribution >= 0.6 is 11.3 Å². The van der Waals surface area contributed by atoms with Gasteiger partial charge in [0.1, 0.15) is 15.4 Å². The largest absolute Gasteiger partial charge is 0.480 e. The molecule has 138 valence electrons. The Morgan fingerprint density at radius 2 is 2.04 bits per heavy atom. The molecule has 0 aliphatic rings. The SMILES string of the molecule is Cc1c(-n2cccn2)sc2c1c(=O)n(C(C)(C)C(=O)O)c(=O)n2C(C)F. The van der Waals surface area contributed by atoms with Crippen molar-refractivity contribution in [2.24, 2.45) is 0 Å². The predicted molar refractivity (Wildman–Crippen MR) is 95.0 cm³/mol. The van der Waals surface area contributed by atoms with Gasteiger partial charge in [0.2, 0.25) is 0 Å². The van der Waals surface area contributed by atoms with Crippen molar-refractivity contribution in [2.75, 3.05) is 0 Å². The van der Waals surface area contributed by atoms with Crippen molar-refractivity contribution in [2.45, 2.75) is 39.5 Å². The highest BCUT2D eigenvalue weighted by Gasteiger charge is 2.36. The zero-order valence-corrected chi connectivity index (χ0v) is 15.4. The van der Waals surface area contributed by atoms with E-state index < -0.39 is 29.1 Å². The first kappa shape index (κ1) is 18.1. The Labute approximate surface area is 150 Å². The summed E-state index contributed by atoms with van der Waals surface area (Å²) in [6, 6.07) is 1.69. The van der Waals surface area contributed by atoms with E-state index in [9.17, 15) is 23.9 Å². The Kier molecular flexibility index (Phi) is 4.10. The van der Waals surface area contributed by atoms with Gasteiger partial charge >= 0.3 is 11.7 Å². The van der Waals surface area contributed by atoms with Crippen LogP contribution in [0.3, 0.4) is 0 Å². The first-order chi connectivity index (χ1) is 12.1. The maximum atomic E-state index is 14.3. The van der Waals surface area contributed by atoms with Crippen molar-refractivity contribution < 1.29 is 14.3 Å². The second-order valence-electron chi connectivity index (χ2n) is 6.39. The lowest BCUT2D eigenvalue weighted by molar-refractivity contribution is -0.146. The van der Waals surface area contributed by atoms with Gasteiger partial charge < -0.3 is 5.11 Å². The highest BCUT2D eigenvalue weighted by atomic mass is 32.1. The number of hydrogen-bond donors (Lipinski definition) is 1. The summed E-state index contributed by atoms with van der Waals surface area (Å²) in [4.78, 5) is 37.6. The van der Waals surface area contributed by atoms with Crippen molar-refractivity contribution in [3.63, 3.8) is 0 Å². The number of fused-ring (bicyclic) bond motifs is 1. The number of aliphatic carboxylic acids is 1. The van der Waals surface area contributed by atoms with Crippen LogP contribution < -0.4 is 11.2 Å². The van der Waals surface area contributed by atoms with Gasteiger partial charge in [0.25, 0.3) is 5.56 Å². The third-order valence-corrected chi connectivity index (χ3v) is 5.57. The zero-order valence-electron chi connectivity index (χ0n) is 14.6. The van der Waals surface area contributed by atoms with E-state index in [1.807, 2.05) is 0 Å². The number of alkyl halides is 1. The van der Waals surface area contributed by atoms with Gasteiger partial charge in [-0.05, 0) is 33.8 Å². The van der Waals surface area contributed by atoms with Gasteiger partial charge in [-0.3, -0.25) is 9.36 Å². The number of nitrogens with zero attached hydrogens (tertiary/aromatic N) is 4. The van der Waals surface area contributed by atoms with E-state index in [2.05, 4.69) is 5.10 Å². The molecule has 3 aromatic heterocycles. The smallest absolute Gasteiger partial charge is 0.335 e. The topological polar surface area (TPSA) is 99.1 Å². The fourth-order valence-corrected chi connectivity index (χ4v) is 4.12. The van der Waals surface area contributed by atoms with Gasteiger partial charge in [-0.15, -0.1) is 0 Å². The predicted octanol–water partition coefficient (Wildman–Crippen LogP) is 2.03. The Balaban J connectivity index is 2.55. The number of carboxylic acids is 1. The van der Waals surface area contributed by atoms with E-state index in [4.69, 9.17) is 0 Å². The Hall–Kier alpha value is -2.75. The Morgan fingerprint density at radius 3 is 2.54 bits per heavy atom. The fourth-order valence-electron chi connectivity index (χ4n) is 2.81. The highest BCUT2D eigenvalue weighted by molar-refractivity contribution is 7.21. The number of rotatable bonds is 4. The minimum Gasteiger partial charge on any atom is -0.480 e. The number of carbonyl (C=O) groups is 1. The third-order valence-electron chi connectivity index (χ3n) is 4.29. The molecule has 0 amide bonds. The Morgan fingerprint density at radius 1 is 1.38 bits per heavy atom. The fraction of sp³-hybridized carbons (Fsp3) is 0.375. The van der Waals surface area contributed by atoms with Crippen molar-refractivity contribution in [3.05, 3.63) is 44.9 Å². The summed E-state index contributed by atoms with van der Waals surface area (Å²) in [7, 11) is 0. The van der Waals surface area contributed by atoms with Crippen LogP contribution in [0.1, 0.15) is 32.6 Å². The third kappa shape index (κ3) is 2.40. The molecule has 8 nitrogen and oxygen atoms in total. The standard InChI is InChI=1S/C16H17FN4O4S/c1-8-10-11(22)21(16(3,4)14(23)24)15(25)20(9(2)17)13(10)26-12(8)19-7-5-6-18-19/h5-7,9H,1-4H3,(H,23,24). The lowest BCUT2D eigenvalue weighted by atomic mass is 10.1. The lowest BCUT2D eigenvalue weighted by Crippen LogP contribution is -2.52. The van der Waals surface area contributed by atoms with Crippen LogP contribution in [0.5, 0.6) is 0 Å². The molecule has 1 atom stereocenters. The van der Waals surface area contributed by atoms with Crippen LogP contribution in [0, 0.1) is 6.92 Å². The molecule has 3 heterocycles. The average Bonchev–Trinajstić information content (AvgIpc) is 3.14. The normalized spacial score (nSPS) is 13.3. The molecule has 0 aromatic carbocycles. The summed E-state index contributed by atoms with van der Waals surface area (Å²) < 4.78 is 17.2. The number of aromatic nitrogens is 4. The molecule has 0 radical (unpaired) electrons. The molecule has 26 heavy (non-hydrogen) atoms. The van der Waals surface area contributed by atoms with Crippen LogP contribution in [-0.4, -0.2) is 30.0 Å². The second-order valence-corrected chi connectivity index (χ2v) is 7.37. The molecule has 0 saturated carbocycles. The molecule has 0 aliphatic heterocycles. The number of hydrogen-bond acceptors (Lipinski definition) is 5. The molecule has 3 aromatic rings. The minimum absolute atomic E-state index is 0.110. The number of thiophene rings is 1. The summed E-state index contributed by atoms with van der Waals surface area (Å²) >= 11 is 1.06. The van der Waals surface area contributed by atoms with E-state index in [0.29, 0.717) is 15.1 Å². The van der Waals surface area contributed by atoms with E-state index in [-0.39, 0.29) is 10.2 Å². The van der Waals surface area contributed by atoms with Crippen LogP contribution in [-0.2, 0) is 10.3 Å². The first-order valence-electron chi connectivity index (χ1n) is 7.77. The second kappa shape index (κ2) is 5.90. The molecular formula is C16H17FN4O4S. The minimum atomic E-state index is -1.83. The summed E-state index contributed by atoms with van der Waals surface area (Å²) in [5, 5.41) is 14.2. The van der Waals surface area contributed by atoms with Gasteiger partial charge in [0.05, 0.1) is 5.39 Å². The molecule has 3 rings (SSSR count). The monoisotopic (exact) mass is 380 g/mol. The first-order valence-corrected chi connectivity index (χ1v) is 8.59. The molecule has 0 aliphatic carbocycles. The van der Waals surface area contributed by atoms with Gasteiger partial charge in [-0.25, -0.2) is 23.2 Å². The van der Waals surface area contributed by atoms with Crippen molar-refractivity contribution in [3.8, 4) is 5.00 Å². The van der Waals surface area contributed by atoms with Crippen molar-refractivity contribution in [1.82, 2.24) is 18.9 Å². The summed E-state index contributed by atoms with van der Waals surface area (Å²) in [6.45, 7) is 5.28. The van der Waals surface area contributed by atoms with E-state index in [1.54, 1.807) is 25.4 Å². The number of aryl methyl sites for hydroxylation is 1. The molecule has 0 spiro atoms. The summed E-state index contributed by atoms with van der Waals surface area (Å²) in [5.74, 6) is -1.37. The van der Waals surface area contributed by atoms with Gasteiger partial charge in [0, 0.05) is 18.0 Å². The highest BCUT2D eigenvalue weighted by Crippen LogP contribution is 2.32. The van der Waals surface area contributed by atoms with E-state index >= 15 is 0 Å². The zero-order chi connectivity index (χ0) is 19.4. The summed E-state index contributed by atoms with van der Waals surface area (Å²) in [6.07, 6.45) is 1.48. The van der Waals surface area contributed by atoms with Crippen LogP contribution in [0.4, 0.5) is 4.39 Å². The number of halogens is 1. The van der Waals surface area contributed by atoms with E-state index in [1.165, 1.54) is 18.5 Å². The van der Waals surface area contributed by atoms with Crippen LogP contribution in [0.2, 0.25) is 0 Å². The molecule has 0 saturated heterocycles. The summed E-state index contributed by atoms with van der Waals surface area (Å²) in [5.41, 5.74) is -3.10. The van der Waals surface area contributed by atoms with Crippen LogP contribution in [0.25, 0.3) is 15.2 Å². The molecule has 1 unspecified atom stereocenters. The maximum absolute atomic E-state index is 14.3. The Bertz CT molecular complexity index is 1120. The van der Waals surface area contributed by atoms with Gasteiger partial charge in [0.15, 0.2) is 6.30 Å². The molecular weight excluding hydrogens is 363 g/mol. The lowest BCUT2D eigenvalue weighted by Gasteiger charge is -2.23. The van der Waals surface area contributed by atoms with Crippen molar-refractivity contribution in [1.29, 1.82) is 0 Å². The van der Waals surface area contributed by atoms with Gasteiger partial charge in [-0.1, -0.05) is 11.3 Å². The molecule has 0 fully saturated rings.